The molecule has 0 aliphatic carbocycles. The number of nitrogens with one attached hydrogen (secondary N) is 1. The van der Waals surface area contributed by atoms with E-state index in [1.807, 2.05) is 24.3 Å². The van der Waals surface area contributed by atoms with Gasteiger partial charge in [0.2, 0.25) is 0 Å². The number of carbonyl (C=O) groups excluding carboxylic acids is 1. The zero-order valence-corrected chi connectivity index (χ0v) is 17.4. The summed E-state index contributed by atoms with van der Waals surface area (Å²) in [6.07, 6.45) is 4.44. The second kappa shape index (κ2) is 8.78. The molecule has 5 heteroatoms. The van der Waals surface area contributed by atoms with Gasteiger partial charge in [-0.05, 0) is 61.6 Å². The summed E-state index contributed by atoms with van der Waals surface area (Å²) in [6, 6.07) is 16.4. The van der Waals surface area contributed by atoms with Crippen LogP contribution in [0.3, 0.4) is 0 Å². The van der Waals surface area contributed by atoms with Crippen LogP contribution >= 0.6 is 0 Å². The minimum absolute atomic E-state index is 0.0376. The van der Waals surface area contributed by atoms with E-state index in [-0.39, 0.29) is 11.9 Å². The van der Waals surface area contributed by atoms with E-state index >= 15 is 0 Å². The van der Waals surface area contributed by atoms with Gasteiger partial charge in [-0.15, -0.1) is 0 Å². The van der Waals surface area contributed by atoms with E-state index in [2.05, 4.69) is 31.2 Å². The van der Waals surface area contributed by atoms with E-state index in [1.165, 1.54) is 29.7 Å². The molecule has 2 aliphatic rings. The number of hydrogen-bond acceptors (Lipinski definition) is 3. The molecule has 2 heterocycles. The molecule has 0 aromatic heterocycles. The Morgan fingerprint density at radius 2 is 1.76 bits per heavy atom. The van der Waals surface area contributed by atoms with Crippen LogP contribution in [0.1, 0.15) is 48.4 Å². The lowest BCUT2D eigenvalue weighted by Gasteiger charge is -2.27. The fourth-order valence-electron chi connectivity index (χ4n) is 4.27. The Balaban J connectivity index is 1.59. The highest BCUT2D eigenvalue weighted by atomic mass is 16.5. The summed E-state index contributed by atoms with van der Waals surface area (Å²) in [4.78, 5) is 14.6. The molecular formula is C24H30N3O2+. The molecule has 0 spiro atoms. The Bertz CT molecular complexity index is 868. The number of benzene rings is 2. The van der Waals surface area contributed by atoms with E-state index < -0.39 is 0 Å². The Morgan fingerprint density at radius 1 is 1.07 bits per heavy atom. The lowest BCUT2D eigenvalue weighted by Crippen LogP contribution is -3.13. The third kappa shape index (κ3) is 4.51. The zero-order valence-electron chi connectivity index (χ0n) is 17.4. The molecule has 152 valence electrons. The molecule has 0 saturated carbocycles. The van der Waals surface area contributed by atoms with Crippen molar-refractivity contribution in [2.24, 2.45) is 5.10 Å². The van der Waals surface area contributed by atoms with E-state index in [9.17, 15) is 4.79 Å². The average molecular weight is 393 g/mol. The second-order valence-electron chi connectivity index (χ2n) is 8.13. The summed E-state index contributed by atoms with van der Waals surface area (Å²) >= 11 is 0. The van der Waals surface area contributed by atoms with Crippen molar-refractivity contribution in [3.8, 4) is 5.75 Å². The normalized spacial score (nSPS) is 19.9. The molecule has 2 aromatic rings. The van der Waals surface area contributed by atoms with Gasteiger partial charge >= 0.3 is 0 Å². The first-order chi connectivity index (χ1) is 14.1. The van der Waals surface area contributed by atoms with Crippen molar-refractivity contribution in [2.45, 2.75) is 38.6 Å². The number of likely N-dealkylation sites (tertiary alicyclic amines) is 1. The van der Waals surface area contributed by atoms with Gasteiger partial charge in [-0.2, -0.15) is 5.10 Å². The summed E-state index contributed by atoms with van der Waals surface area (Å²) in [5.41, 5.74) is 4.37. The fourth-order valence-corrected chi connectivity index (χ4v) is 4.27. The maximum atomic E-state index is 13.2. The van der Waals surface area contributed by atoms with Crippen molar-refractivity contribution in [1.82, 2.24) is 5.01 Å². The molecule has 0 unspecified atom stereocenters. The number of aryl methyl sites for hydroxylation is 1. The third-order valence-electron chi connectivity index (χ3n) is 6.01. The SMILES string of the molecule is COc1ccc(C2=NN(C(=O)C[NH+]3CCCCC3)[C@@H](c3ccc(C)cc3)C2)cc1. The lowest BCUT2D eigenvalue weighted by molar-refractivity contribution is -0.897. The number of hydrogen-bond donors (Lipinski definition) is 1. The van der Waals surface area contributed by atoms with Gasteiger partial charge < -0.3 is 9.64 Å². The Labute approximate surface area is 173 Å². The zero-order chi connectivity index (χ0) is 20.2. The van der Waals surface area contributed by atoms with E-state index in [0.29, 0.717) is 6.54 Å². The number of nitrogens with zero attached hydrogens (tertiary/aromatic N) is 2. The summed E-state index contributed by atoms with van der Waals surface area (Å²) < 4.78 is 5.27. The highest BCUT2D eigenvalue weighted by Gasteiger charge is 2.34. The van der Waals surface area contributed by atoms with Gasteiger partial charge in [0, 0.05) is 6.42 Å². The van der Waals surface area contributed by atoms with Crippen LogP contribution in [0.5, 0.6) is 5.75 Å². The van der Waals surface area contributed by atoms with E-state index in [0.717, 1.165) is 42.1 Å². The molecule has 1 N–H and O–H groups in total. The standard InChI is InChI=1S/C24H29N3O2/c1-18-6-8-20(9-7-18)23-16-22(19-10-12-21(29-2)13-11-19)25-27(23)24(28)17-26-14-4-3-5-15-26/h6-13,23H,3-5,14-17H2,1-2H3/p+1/t23-/m1/s1. The van der Waals surface area contributed by atoms with Crippen molar-refractivity contribution in [1.29, 1.82) is 0 Å². The van der Waals surface area contributed by atoms with Gasteiger partial charge in [0.05, 0.1) is 32.0 Å². The summed E-state index contributed by atoms with van der Waals surface area (Å²) in [7, 11) is 1.67. The Hall–Kier alpha value is -2.66. The van der Waals surface area contributed by atoms with Gasteiger partial charge in [-0.1, -0.05) is 29.8 Å². The van der Waals surface area contributed by atoms with Crippen molar-refractivity contribution >= 4 is 11.6 Å². The predicted octanol–water partition coefficient (Wildman–Crippen LogP) is 2.75. The van der Waals surface area contributed by atoms with Crippen LogP contribution in [-0.2, 0) is 4.79 Å². The molecular weight excluding hydrogens is 362 g/mol. The number of amides is 1. The van der Waals surface area contributed by atoms with Crippen LogP contribution in [0.25, 0.3) is 0 Å². The van der Waals surface area contributed by atoms with E-state index in [1.54, 1.807) is 12.1 Å². The molecule has 1 amide bonds. The fraction of sp³-hybridized carbons (Fsp3) is 0.417. The maximum absolute atomic E-state index is 13.2. The molecule has 1 atom stereocenters. The Kier molecular flexibility index (Phi) is 5.95. The van der Waals surface area contributed by atoms with Crippen molar-refractivity contribution < 1.29 is 14.4 Å². The number of quaternary nitrogens is 1. The lowest BCUT2D eigenvalue weighted by atomic mass is 9.97. The van der Waals surface area contributed by atoms with Crippen molar-refractivity contribution in [3.05, 3.63) is 65.2 Å². The summed E-state index contributed by atoms with van der Waals surface area (Å²) in [6.45, 7) is 4.79. The van der Waals surface area contributed by atoms with E-state index in [4.69, 9.17) is 9.84 Å². The van der Waals surface area contributed by atoms with Gasteiger partial charge in [0.25, 0.3) is 5.91 Å². The molecule has 29 heavy (non-hydrogen) atoms. The molecule has 0 radical (unpaired) electrons. The topological polar surface area (TPSA) is 46.3 Å². The van der Waals surface area contributed by atoms with Gasteiger partial charge in [0.1, 0.15) is 5.75 Å². The monoisotopic (exact) mass is 392 g/mol. The molecule has 4 rings (SSSR count). The number of methoxy groups -OCH3 is 1. The van der Waals surface area contributed by atoms with Crippen LogP contribution in [0.4, 0.5) is 0 Å². The smallest absolute Gasteiger partial charge is 0.298 e. The van der Waals surface area contributed by atoms with Gasteiger partial charge in [-0.25, -0.2) is 5.01 Å². The van der Waals surface area contributed by atoms with Crippen LogP contribution in [-0.4, -0.2) is 43.4 Å². The van der Waals surface area contributed by atoms with Crippen LogP contribution in [0, 0.1) is 6.92 Å². The van der Waals surface area contributed by atoms with Gasteiger partial charge in [0.15, 0.2) is 6.54 Å². The number of ether oxygens (including phenoxy) is 1. The minimum atomic E-state index is -0.0376. The first-order valence-electron chi connectivity index (χ1n) is 10.6. The van der Waals surface area contributed by atoms with Crippen molar-refractivity contribution in [3.63, 3.8) is 0 Å². The highest BCUT2D eigenvalue weighted by Crippen LogP contribution is 2.33. The first-order valence-corrected chi connectivity index (χ1v) is 10.6. The average Bonchev–Trinajstić information content (AvgIpc) is 3.21. The molecule has 1 saturated heterocycles. The van der Waals surface area contributed by atoms with Crippen LogP contribution < -0.4 is 9.64 Å². The van der Waals surface area contributed by atoms with Crippen molar-refractivity contribution in [2.75, 3.05) is 26.7 Å². The second-order valence-corrected chi connectivity index (χ2v) is 8.13. The Morgan fingerprint density at radius 3 is 2.41 bits per heavy atom. The summed E-state index contributed by atoms with van der Waals surface area (Å²) in [5.74, 6) is 0.944. The molecule has 5 nitrogen and oxygen atoms in total. The quantitative estimate of drug-likeness (QED) is 0.851. The molecule has 1 fully saturated rings. The molecule has 0 bridgehead atoms. The van der Waals surface area contributed by atoms with Crippen LogP contribution in [0.15, 0.2) is 53.6 Å². The molecule has 2 aliphatic heterocycles. The largest absolute Gasteiger partial charge is 0.497 e. The third-order valence-corrected chi connectivity index (χ3v) is 6.01. The number of carbonyl (C=O) groups is 1. The minimum Gasteiger partial charge on any atom is -0.497 e. The maximum Gasteiger partial charge on any atom is 0.298 e. The van der Waals surface area contributed by atoms with Gasteiger partial charge in [-0.3, -0.25) is 4.79 Å². The first kappa shape index (κ1) is 19.6. The predicted molar refractivity (Wildman–Crippen MR) is 114 cm³/mol. The van der Waals surface area contributed by atoms with Crippen LogP contribution in [0.2, 0.25) is 0 Å². The summed E-state index contributed by atoms with van der Waals surface area (Å²) in [5, 5.41) is 6.55. The number of piperidine rings is 1. The number of hydrazone groups is 1. The molecule has 2 aromatic carbocycles. The highest BCUT2D eigenvalue weighted by molar-refractivity contribution is 6.03. The number of rotatable bonds is 5.